The molecule has 1 fully saturated rings. The maximum absolute atomic E-state index is 13.0. The standard InChI is InChI=1S/C12H13BrF3N/c1-17(9-3-4-9)11-5-2-8(7-13)6-10(11)12(14,15)16/h2,5-6,9H,3-4,7H2,1H3. The van der Waals surface area contributed by atoms with Gasteiger partial charge in [0.1, 0.15) is 0 Å². The quantitative estimate of drug-likeness (QED) is 0.757. The van der Waals surface area contributed by atoms with Gasteiger partial charge >= 0.3 is 6.18 Å². The molecule has 0 spiro atoms. The highest BCUT2D eigenvalue weighted by molar-refractivity contribution is 9.08. The molecule has 5 heteroatoms. The average molecular weight is 308 g/mol. The van der Waals surface area contributed by atoms with E-state index in [9.17, 15) is 13.2 Å². The largest absolute Gasteiger partial charge is 0.418 e. The zero-order chi connectivity index (χ0) is 12.6. The highest BCUT2D eigenvalue weighted by Gasteiger charge is 2.37. The lowest BCUT2D eigenvalue weighted by Crippen LogP contribution is -2.23. The highest BCUT2D eigenvalue weighted by atomic mass is 79.9. The van der Waals surface area contributed by atoms with Crippen molar-refractivity contribution in [1.82, 2.24) is 0 Å². The third-order valence-electron chi connectivity index (χ3n) is 3.00. The Kier molecular flexibility index (Phi) is 3.39. The molecule has 0 atom stereocenters. The maximum Gasteiger partial charge on any atom is 0.418 e. The lowest BCUT2D eigenvalue weighted by Gasteiger charge is -2.23. The van der Waals surface area contributed by atoms with Crippen LogP contribution in [0.2, 0.25) is 0 Å². The van der Waals surface area contributed by atoms with E-state index in [2.05, 4.69) is 15.9 Å². The predicted molar refractivity (Wildman–Crippen MR) is 65.5 cm³/mol. The molecule has 0 N–H and O–H groups in total. The molecule has 94 valence electrons. The van der Waals surface area contributed by atoms with E-state index in [4.69, 9.17) is 0 Å². The topological polar surface area (TPSA) is 3.24 Å². The number of halogens is 4. The van der Waals surface area contributed by atoms with Crippen LogP contribution in [-0.2, 0) is 11.5 Å². The van der Waals surface area contributed by atoms with Crippen molar-refractivity contribution in [2.75, 3.05) is 11.9 Å². The van der Waals surface area contributed by atoms with Crippen LogP contribution in [0.25, 0.3) is 0 Å². The second-order valence-corrected chi connectivity index (χ2v) is 4.89. The normalized spacial score (nSPS) is 16.1. The molecule has 1 aliphatic rings. The smallest absolute Gasteiger partial charge is 0.371 e. The van der Waals surface area contributed by atoms with Gasteiger partial charge in [0, 0.05) is 24.1 Å². The summed E-state index contributed by atoms with van der Waals surface area (Å²) in [4.78, 5) is 1.74. The Morgan fingerprint density at radius 1 is 1.35 bits per heavy atom. The van der Waals surface area contributed by atoms with Crippen LogP contribution in [-0.4, -0.2) is 13.1 Å². The van der Waals surface area contributed by atoms with Gasteiger partial charge in [-0.15, -0.1) is 0 Å². The Bertz CT molecular complexity index is 413. The van der Waals surface area contributed by atoms with E-state index in [0.29, 0.717) is 10.9 Å². The van der Waals surface area contributed by atoms with Crippen molar-refractivity contribution < 1.29 is 13.2 Å². The first-order valence-corrected chi connectivity index (χ1v) is 6.54. The first kappa shape index (κ1) is 12.7. The Hall–Kier alpha value is -0.710. The molecule has 2 rings (SSSR count). The van der Waals surface area contributed by atoms with Crippen molar-refractivity contribution in [2.24, 2.45) is 0 Å². The van der Waals surface area contributed by atoms with Gasteiger partial charge in [-0.25, -0.2) is 0 Å². The van der Waals surface area contributed by atoms with Crippen LogP contribution in [0.4, 0.5) is 18.9 Å². The van der Waals surface area contributed by atoms with Gasteiger partial charge in [0.15, 0.2) is 0 Å². The first-order valence-electron chi connectivity index (χ1n) is 5.42. The first-order chi connectivity index (χ1) is 7.93. The molecular formula is C12H13BrF3N. The van der Waals surface area contributed by atoms with Gasteiger partial charge in [-0.1, -0.05) is 22.0 Å². The minimum absolute atomic E-state index is 0.269. The summed E-state index contributed by atoms with van der Waals surface area (Å²) in [5.41, 5.74) is 0.388. The number of nitrogens with zero attached hydrogens (tertiary/aromatic N) is 1. The molecule has 0 aromatic heterocycles. The fourth-order valence-electron chi connectivity index (χ4n) is 1.86. The SMILES string of the molecule is CN(c1ccc(CBr)cc1C(F)(F)F)C1CC1. The highest BCUT2D eigenvalue weighted by Crippen LogP contribution is 2.40. The fourth-order valence-corrected chi connectivity index (χ4v) is 2.21. The molecule has 0 saturated heterocycles. The number of anilines is 1. The van der Waals surface area contributed by atoms with Crippen molar-refractivity contribution in [3.63, 3.8) is 0 Å². The molecule has 0 aliphatic heterocycles. The van der Waals surface area contributed by atoms with E-state index < -0.39 is 11.7 Å². The lowest BCUT2D eigenvalue weighted by molar-refractivity contribution is -0.137. The average Bonchev–Trinajstić information content (AvgIpc) is 3.10. The summed E-state index contributed by atoms with van der Waals surface area (Å²) in [6.45, 7) is 0. The van der Waals surface area contributed by atoms with Gasteiger partial charge in [0.25, 0.3) is 0 Å². The van der Waals surface area contributed by atoms with E-state index in [1.165, 1.54) is 6.07 Å². The molecule has 1 aliphatic carbocycles. The van der Waals surface area contributed by atoms with Crippen molar-refractivity contribution in [3.05, 3.63) is 29.3 Å². The number of hydrogen-bond donors (Lipinski definition) is 0. The predicted octanol–water partition coefficient (Wildman–Crippen LogP) is 4.20. The third-order valence-corrected chi connectivity index (χ3v) is 3.64. The van der Waals surface area contributed by atoms with Gasteiger partial charge in [0.05, 0.1) is 5.56 Å². The van der Waals surface area contributed by atoms with E-state index in [0.717, 1.165) is 12.8 Å². The van der Waals surface area contributed by atoms with Crippen LogP contribution in [0.5, 0.6) is 0 Å². The molecule has 0 amide bonds. The van der Waals surface area contributed by atoms with E-state index in [1.807, 2.05) is 0 Å². The van der Waals surface area contributed by atoms with Crippen molar-refractivity contribution in [3.8, 4) is 0 Å². The second-order valence-electron chi connectivity index (χ2n) is 4.32. The number of benzene rings is 1. The van der Waals surface area contributed by atoms with Crippen LogP contribution >= 0.6 is 15.9 Å². The lowest BCUT2D eigenvalue weighted by atomic mass is 10.1. The molecule has 0 radical (unpaired) electrons. The summed E-state index contributed by atoms with van der Waals surface area (Å²) in [6.07, 6.45) is -2.33. The zero-order valence-electron chi connectivity index (χ0n) is 9.39. The Morgan fingerprint density at radius 3 is 2.47 bits per heavy atom. The number of hydrogen-bond acceptors (Lipinski definition) is 1. The van der Waals surface area contributed by atoms with E-state index in [-0.39, 0.29) is 11.7 Å². The van der Waals surface area contributed by atoms with Crippen molar-refractivity contribution in [2.45, 2.75) is 30.4 Å². The molecule has 0 unspecified atom stereocenters. The number of rotatable bonds is 3. The third kappa shape index (κ3) is 2.76. The molecule has 1 saturated carbocycles. The summed E-state index contributed by atoms with van der Waals surface area (Å²) in [5, 5.41) is 0.434. The van der Waals surface area contributed by atoms with Gasteiger partial charge in [-0.05, 0) is 30.5 Å². The van der Waals surface area contributed by atoms with Crippen molar-refractivity contribution >= 4 is 21.6 Å². The molecule has 1 aromatic carbocycles. The minimum Gasteiger partial charge on any atom is -0.371 e. The Labute approximate surface area is 107 Å². The molecule has 1 nitrogen and oxygen atoms in total. The summed E-state index contributed by atoms with van der Waals surface area (Å²) in [6, 6.07) is 4.80. The molecule has 17 heavy (non-hydrogen) atoms. The van der Waals surface area contributed by atoms with Crippen molar-refractivity contribution in [1.29, 1.82) is 0 Å². The van der Waals surface area contributed by atoms with Crippen LogP contribution in [0, 0.1) is 0 Å². The van der Waals surface area contributed by atoms with E-state index >= 15 is 0 Å². The fraction of sp³-hybridized carbons (Fsp3) is 0.500. The Morgan fingerprint density at radius 2 is 2.00 bits per heavy atom. The summed E-state index contributed by atoms with van der Waals surface area (Å²) in [5.74, 6) is 0. The van der Waals surface area contributed by atoms with Gasteiger partial charge in [0.2, 0.25) is 0 Å². The number of alkyl halides is 4. The summed E-state index contributed by atoms with van der Waals surface area (Å²) in [7, 11) is 1.73. The summed E-state index contributed by atoms with van der Waals surface area (Å²) >= 11 is 3.18. The second kappa shape index (κ2) is 4.52. The van der Waals surface area contributed by atoms with Crippen LogP contribution in [0.1, 0.15) is 24.0 Å². The maximum atomic E-state index is 13.0. The monoisotopic (exact) mass is 307 g/mol. The molecule has 1 aromatic rings. The van der Waals surface area contributed by atoms with Gasteiger partial charge in [-0.3, -0.25) is 0 Å². The molecule has 0 heterocycles. The van der Waals surface area contributed by atoms with E-state index in [1.54, 1.807) is 24.1 Å². The van der Waals surface area contributed by atoms with Gasteiger partial charge < -0.3 is 4.90 Å². The van der Waals surface area contributed by atoms with Crippen LogP contribution in [0.3, 0.4) is 0 Å². The van der Waals surface area contributed by atoms with Crippen LogP contribution < -0.4 is 4.90 Å². The Balaban J connectivity index is 2.42. The molecular weight excluding hydrogens is 295 g/mol. The summed E-state index contributed by atoms with van der Waals surface area (Å²) < 4.78 is 38.9. The minimum atomic E-state index is -4.29. The van der Waals surface area contributed by atoms with Gasteiger partial charge in [-0.2, -0.15) is 13.2 Å². The molecule has 0 bridgehead atoms. The van der Waals surface area contributed by atoms with Crippen LogP contribution in [0.15, 0.2) is 18.2 Å². The zero-order valence-corrected chi connectivity index (χ0v) is 11.0.